The second-order valence-corrected chi connectivity index (χ2v) is 24.9. The van der Waals surface area contributed by atoms with Gasteiger partial charge in [-0.15, -0.1) is 0 Å². The van der Waals surface area contributed by atoms with Gasteiger partial charge in [-0.1, -0.05) is 359 Å². The van der Waals surface area contributed by atoms with Crippen LogP contribution in [0.2, 0.25) is 0 Å². The molecular formula is C74H141NO5. The van der Waals surface area contributed by atoms with E-state index in [0.29, 0.717) is 19.4 Å². The fraction of sp³-hybridized carbons (Fsp3) is 0.892. The van der Waals surface area contributed by atoms with E-state index in [1.54, 1.807) is 6.08 Å². The molecule has 1 amide bonds. The van der Waals surface area contributed by atoms with E-state index in [4.69, 9.17) is 4.74 Å². The fourth-order valence-corrected chi connectivity index (χ4v) is 11.4. The van der Waals surface area contributed by atoms with Crippen LogP contribution in [0.5, 0.6) is 0 Å². The number of unbranched alkanes of at least 4 members (excludes halogenated alkanes) is 53. The second kappa shape index (κ2) is 69.6. The number of aliphatic hydroxyl groups excluding tert-OH is 2. The minimum Gasteiger partial charge on any atom is -0.466 e. The van der Waals surface area contributed by atoms with Crippen molar-refractivity contribution in [2.24, 2.45) is 0 Å². The molecule has 0 saturated carbocycles. The van der Waals surface area contributed by atoms with Crippen molar-refractivity contribution < 1.29 is 24.5 Å². The Kier molecular flexibility index (Phi) is 67.9. The summed E-state index contributed by atoms with van der Waals surface area (Å²) in [6, 6.07) is -0.637. The maximum atomic E-state index is 12.5. The Morgan fingerprint density at radius 2 is 0.625 bits per heavy atom. The molecule has 0 aliphatic rings. The normalized spacial score (nSPS) is 12.7. The molecule has 2 atom stereocenters. The highest BCUT2D eigenvalue weighted by Crippen LogP contribution is 2.19. The summed E-state index contributed by atoms with van der Waals surface area (Å²) in [5, 5.41) is 23.3. The van der Waals surface area contributed by atoms with Crippen LogP contribution < -0.4 is 5.32 Å². The van der Waals surface area contributed by atoms with Gasteiger partial charge in [0, 0.05) is 12.8 Å². The molecule has 0 bridgehead atoms. The quantitative estimate of drug-likeness (QED) is 0.0320. The van der Waals surface area contributed by atoms with Gasteiger partial charge in [-0.2, -0.15) is 0 Å². The van der Waals surface area contributed by atoms with E-state index in [1.165, 1.54) is 315 Å². The first-order valence-electron chi connectivity index (χ1n) is 36.3. The predicted octanol–water partition coefficient (Wildman–Crippen LogP) is 23.5. The standard InChI is InChI=1S/C74H141NO5/c1-3-5-7-9-11-13-15-17-19-21-22-23-24-26-29-32-35-38-42-46-50-54-58-62-66-72(77)71(70-76)75-73(78)67-63-59-55-51-47-43-39-36-33-30-27-25-28-31-34-37-41-45-49-53-57-61-65-69-80-74(79)68-64-60-56-52-48-44-40-20-18-16-14-12-10-8-6-4-2/h25,28,30,33,62,66,71-72,76-77H,3-24,26-27,29,31-32,34-61,63-65,67-70H2,1-2H3,(H,75,78)/b28-25-,33-30-,66-62+. The van der Waals surface area contributed by atoms with Crippen LogP contribution in [0.4, 0.5) is 0 Å². The first-order chi connectivity index (χ1) is 39.5. The third-order valence-corrected chi connectivity index (χ3v) is 16.9. The van der Waals surface area contributed by atoms with Gasteiger partial charge >= 0.3 is 5.97 Å². The molecule has 0 aromatic rings. The molecule has 0 spiro atoms. The van der Waals surface area contributed by atoms with E-state index in [0.717, 1.165) is 57.8 Å². The smallest absolute Gasteiger partial charge is 0.305 e. The zero-order chi connectivity index (χ0) is 57.8. The number of carbonyl (C=O) groups is 2. The highest BCUT2D eigenvalue weighted by molar-refractivity contribution is 5.76. The zero-order valence-corrected chi connectivity index (χ0v) is 54.1. The van der Waals surface area contributed by atoms with E-state index in [2.05, 4.69) is 43.5 Å². The van der Waals surface area contributed by atoms with Crippen molar-refractivity contribution in [2.45, 2.75) is 411 Å². The van der Waals surface area contributed by atoms with Crippen LogP contribution in [0.15, 0.2) is 36.5 Å². The molecule has 0 aromatic heterocycles. The summed E-state index contributed by atoms with van der Waals surface area (Å²) < 4.78 is 5.50. The Labute approximate surface area is 500 Å². The summed E-state index contributed by atoms with van der Waals surface area (Å²) in [5.74, 6) is -0.0637. The molecule has 2 unspecified atom stereocenters. The van der Waals surface area contributed by atoms with Crippen molar-refractivity contribution in [1.29, 1.82) is 0 Å². The molecule has 3 N–H and O–H groups in total. The Morgan fingerprint density at radius 1 is 0.350 bits per heavy atom. The van der Waals surface area contributed by atoms with Crippen LogP contribution in [-0.2, 0) is 14.3 Å². The van der Waals surface area contributed by atoms with Gasteiger partial charge in [-0.25, -0.2) is 0 Å². The molecule has 0 heterocycles. The average Bonchev–Trinajstić information content (AvgIpc) is 3.46. The van der Waals surface area contributed by atoms with Crippen LogP contribution >= 0.6 is 0 Å². The van der Waals surface area contributed by atoms with E-state index in [1.807, 2.05) is 6.08 Å². The lowest BCUT2D eigenvalue weighted by Crippen LogP contribution is -2.45. The van der Waals surface area contributed by atoms with E-state index in [9.17, 15) is 19.8 Å². The van der Waals surface area contributed by atoms with Gasteiger partial charge in [0.05, 0.1) is 25.4 Å². The van der Waals surface area contributed by atoms with Gasteiger partial charge in [-0.05, 0) is 64.2 Å². The third-order valence-electron chi connectivity index (χ3n) is 16.9. The van der Waals surface area contributed by atoms with Gasteiger partial charge in [-0.3, -0.25) is 9.59 Å². The minimum atomic E-state index is -0.853. The van der Waals surface area contributed by atoms with Gasteiger partial charge in [0.15, 0.2) is 0 Å². The molecule has 6 heteroatoms. The molecular weight excluding hydrogens is 983 g/mol. The summed E-state index contributed by atoms with van der Waals surface area (Å²) >= 11 is 0. The van der Waals surface area contributed by atoms with Crippen molar-refractivity contribution in [3.05, 3.63) is 36.5 Å². The summed E-state index contributed by atoms with van der Waals surface area (Å²) in [6.45, 7) is 4.94. The fourth-order valence-electron chi connectivity index (χ4n) is 11.4. The Bertz CT molecular complexity index is 1300. The van der Waals surface area contributed by atoms with Gasteiger partial charge in [0.1, 0.15) is 0 Å². The van der Waals surface area contributed by atoms with Crippen LogP contribution in [0.3, 0.4) is 0 Å². The molecule has 0 fully saturated rings. The molecule has 0 saturated heterocycles. The number of nitrogens with one attached hydrogen (secondary N) is 1. The molecule has 472 valence electrons. The lowest BCUT2D eigenvalue weighted by atomic mass is 10.0. The number of esters is 1. The molecule has 80 heavy (non-hydrogen) atoms. The number of carbonyl (C=O) groups excluding carboxylic acids is 2. The molecule has 6 nitrogen and oxygen atoms in total. The molecule has 0 radical (unpaired) electrons. The number of aliphatic hydroxyl groups is 2. The topological polar surface area (TPSA) is 95.9 Å². The highest BCUT2D eigenvalue weighted by Gasteiger charge is 2.18. The predicted molar refractivity (Wildman–Crippen MR) is 352 cm³/mol. The van der Waals surface area contributed by atoms with Crippen molar-refractivity contribution >= 4 is 11.9 Å². The van der Waals surface area contributed by atoms with Crippen LogP contribution in [0, 0.1) is 0 Å². The van der Waals surface area contributed by atoms with E-state index in [-0.39, 0.29) is 18.5 Å². The maximum Gasteiger partial charge on any atom is 0.305 e. The third kappa shape index (κ3) is 65.2. The van der Waals surface area contributed by atoms with Crippen LogP contribution in [0.1, 0.15) is 399 Å². The largest absolute Gasteiger partial charge is 0.466 e. The Balaban J connectivity index is 3.46. The second-order valence-electron chi connectivity index (χ2n) is 24.9. The highest BCUT2D eigenvalue weighted by atomic mass is 16.5. The summed E-state index contributed by atoms with van der Waals surface area (Å²) in [7, 11) is 0. The number of amides is 1. The molecule has 0 aliphatic heterocycles. The number of hydrogen-bond acceptors (Lipinski definition) is 5. The van der Waals surface area contributed by atoms with Gasteiger partial charge in [0.2, 0.25) is 5.91 Å². The van der Waals surface area contributed by atoms with Crippen molar-refractivity contribution in [1.82, 2.24) is 5.32 Å². The van der Waals surface area contributed by atoms with Crippen molar-refractivity contribution in [2.75, 3.05) is 13.2 Å². The monoisotopic (exact) mass is 1120 g/mol. The van der Waals surface area contributed by atoms with Crippen molar-refractivity contribution in [3.8, 4) is 0 Å². The first kappa shape index (κ1) is 78.1. The summed E-state index contributed by atoms with van der Waals surface area (Å²) in [6.07, 6.45) is 89.4. The first-order valence-corrected chi connectivity index (χ1v) is 36.3. The lowest BCUT2D eigenvalue weighted by Gasteiger charge is -2.20. The molecule has 0 rings (SSSR count). The Hall–Kier alpha value is -1.92. The SMILES string of the molecule is CCCCCCCCCCCCCCCCCCCCCCCC/C=C/C(O)C(CO)NC(=O)CCCCCCCCC/C=C\C/C=C\CCCCCCCCCCCOC(=O)CCCCCCCCCCCCCCCCCC. The zero-order valence-electron chi connectivity index (χ0n) is 54.1. The van der Waals surface area contributed by atoms with E-state index < -0.39 is 12.1 Å². The number of ether oxygens (including phenoxy) is 1. The van der Waals surface area contributed by atoms with Crippen LogP contribution in [0.25, 0.3) is 0 Å². The van der Waals surface area contributed by atoms with Crippen LogP contribution in [-0.4, -0.2) is 47.4 Å². The Morgan fingerprint density at radius 3 is 0.950 bits per heavy atom. The van der Waals surface area contributed by atoms with Gasteiger partial charge < -0.3 is 20.3 Å². The average molecular weight is 1120 g/mol. The molecule has 0 aromatic carbocycles. The maximum absolute atomic E-state index is 12.5. The van der Waals surface area contributed by atoms with Crippen molar-refractivity contribution in [3.63, 3.8) is 0 Å². The molecule has 0 aliphatic carbocycles. The number of rotatable bonds is 68. The van der Waals surface area contributed by atoms with Gasteiger partial charge in [0.25, 0.3) is 0 Å². The number of allylic oxidation sites excluding steroid dienone is 5. The van der Waals surface area contributed by atoms with E-state index >= 15 is 0 Å². The summed E-state index contributed by atoms with van der Waals surface area (Å²) in [4.78, 5) is 24.6. The lowest BCUT2D eigenvalue weighted by molar-refractivity contribution is -0.143. The number of hydrogen-bond donors (Lipinski definition) is 3. The summed E-state index contributed by atoms with van der Waals surface area (Å²) in [5.41, 5.74) is 0. The minimum absolute atomic E-state index is 0.0107.